The van der Waals surface area contributed by atoms with Crippen LogP contribution in [0.1, 0.15) is 36.0 Å². The van der Waals surface area contributed by atoms with Crippen molar-refractivity contribution >= 4 is 34.5 Å². The molecule has 1 aromatic carbocycles. The van der Waals surface area contributed by atoms with Crippen LogP contribution in [-0.4, -0.2) is 12.5 Å². The van der Waals surface area contributed by atoms with Crippen molar-refractivity contribution in [3.05, 3.63) is 39.9 Å². The molecule has 0 saturated heterocycles. The smallest absolute Gasteiger partial charge is 0.252 e. The number of amides is 1. The van der Waals surface area contributed by atoms with Gasteiger partial charge in [0.05, 0.1) is 5.56 Å². The predicted octanol–water partition coefficient (Wildman–Crippen LogP) is 3.97. The molecule has 0 spiro atoms. The van der Waals surface area contributed by atoms with E-state index in [4.69, 9.17) is 0 Å². The normalized spacial score (nSPS) is 14.4. The first-order valence-corrected chi connectivity index (χ1v) is 7.35. The van der Waals surface area contributed by atoms with Crippen LogP contribution < -0.4 is 5.32 Å². The maximum absolute atomic E-state index is 12.0. The fourth-order valence-electron chi connectivity index (χ4n) is 2.09. The number of allylic oxidation sites excluding steroid dienone is 1. The first-order chi connectivity index (χ1) is 8.66. The molecular weight excluding hydrogens is 310 g/mol. The van der Waals surface area contributed by atoms with Crippen molar-refractivity contribution < 1.29 is 4.79 Å². The van der Waals surface area contributed by atoms with Crippen molar-refractivity contribution in [1.82, 2.24) is 5.32 Å². The summed E-state index contributed by atoms with van der Waals surface area (Å²) in [6, 6.07) is 5.47. The number of carbonyl (C=O) groups excluding carboxylic acids is 1. The zero-order valence-corrected chi connectivity index (χ0v) is 12.6. The molecule has 0 unspecified atom stereocenters. The fraction of sp³-hybridized carbons (Fsp3) is 0.357. The van der Waals surface area contributed by atoms with Gasteiger partial charge in [-0.05, 0) is 43.9 Å². The molecular formula is C14H16BrNOS. The van der Waals surface area contributed by atoms with Gasteiger partial charge in [-0.3, -0.25) is 4.79 Å². The average molecular weight is 326 g/mol. The fourth-order valence-corrected chi connectivity index (χ4v) is 2.95. The Morgan fingerprint density at radius 1 is 1.44 bits per heavy atom. The van der Waals surface area contributed by atoms with Gasteiger partial charge in [0, 0.05) is 15.9 Å². The Kier molecular flexibility index (Phi) is 4.89. The van der Waals surface area contributed by atoms with Crippen LogP contribution in [0.2, 0.25) is 0 Å². The zero-order valence-electron chi connectivity index (χ0n) is 10.1. The molecule has 0 atom stereocenters. The van der Waals surface area contributed by atoms with Crippen molar-refractivity contribution in [3.8, 4) is 0 Å². The molecule has 2 nitrogen and oxygen atoms in total. The van der Waals surface area contributed by atoms with E-state index >= 15 is 0 Å². The lowest BCUT2D eigenvalue weighted by Crippen LogP contribution is -2.25. The zero-order chi connectivity index (χ0) is 13.0. The van der Waals surface area contributed by atoms with Gasteiger partial charge in [-0.1, -0.05) is 27.6 Å². The van der Waals surface area contributed by atoms with Gasteiger partial charge in [0.2, 0.25) is 0 Å². The van der Waals surface area contributed by atoms with Crippen molar-refractivity contribution in [2.24, 2.45) is 0 Å². The number of rotatable bonds is 4. The third kappa shape index (κ3) is 3.62. The van der Waals surface area contributed by atoms with E-state index in [1.54, 1.807) is 6.07 Å². The SMILES string of the molecule is O=C(NCCC1=CCCC1)c1ccc(Br)cc1S. The summed E-state index contributed by atoms with van der Waals surface area (Å²) in [6.45, 7) is 0.702. The standard InChI is InChI=1S/C14H16BrNOS/c15-11-5-6-12(13(18)9-11)14(17)16-8-7-10-3-1-2-4-10/h3,5-6,9,18H,1-2,4,7-8H2,(H,16,17). The third-order valence-corrected chi connectivity index (χ3v) is 3.93. The van der Waals surface area contributed by atoms with Crippen LogP contribution in [0.4, 0.5) is 0 Å². The number of carbonyl (C=O) groups is 1. The van der Waals surface area contributed by atoms with Gasteiger partial charge in [-0.15, -0.1) is 12.6 Å². The van der Waals surface area contributed by atoms with E-state index in [1.165, 1.54) is 24.8 Å². The van der Waals surface area contributed by atoms with E-state index in [0.29, 0.717) is 17.0 Å². The highest BCUT2D eigenvalue weighted by Gasteiger charge is 2.10. The minimum Gasteiger partial charge on any atom is -0.352 e. The van der Waals surface area contributed by atoms with E-state index < -0.39 is 0 Å². The molecule has 2 rings (SSSR count). The molecule has 1 amide bonds. The second-order valence-corrected chi connectivity index (χ2v) is 5.82. The molecule has 0 bridgehead atoms. The maximum atomic E-state index is 12.0. The lowest BCUT2D eigenvalue weighted by Gasteiger charge is -2.08. The maximum Gasteiger partial charge on any atom is 0.252 e. The topological polar surface area (TPSA) is 29.1 Å². The number of halogens is 1. The van der Waals surface area contributed by atoms with Gasteiger partial charge in [0.1, 0.15) is 0 Å². The minimum atomic E-state index is -0.0499. The van der Waals surface area contributed by atoms with E-state index in [9.17, 15) is 4.79 Å². The van der Waals surface area contributed by atoms with Crippen LogP contribution in [0.5, 0.6) is 0 Å². The molecule has 1 N–H and O–H groups in total. The Morgan fingerprint density at radius 3 is 2.94 bits per heavy atom. The second-order valence-electron chi connectivity index (χ2n) is 4.42. The number of benzene rings is 1. The summed E-state index contributed by atoms with van der Waals surface area (Å²) in [5, 5.41) is 2.94. The van der Waals surface area contributed by atoms with E-state index in [1.807, 2.05) is 12.1 Å². The molecule has 0 saturated carbocycles. The van der Waals surface area contributed by atoms with Crippen LogP contribution in [0.25, 0.3) is 0 Å². The van der Waals surface area contributed by atoms with Crippen LogP contribution in [0.3, 0.4) is 0 Å². The predicted molar refractivity (Wildman–Crippen MR) is 80.3 cm³/mol. The largest absolute Gasteiger partial charge is 0.352 e. The lowest BCUT2D eigenvalue weighted by atomic mass is 10.1. The Labute approximate surface area is 121 Å². The van der Waals surface area contributed by atoms with Crippen LogP contribution in [0.15, 0.2) is 39.2 Å². The first kappa shape index (κ1) is 13.7. The highest BCUT2D eigenvalue weighted by Crippen LogP contribution is 2.21. The summed E-state index contributed by atoms with van der Waals surface area (Å²) in [7, 11) is 0. The summed E-state index contributed by atoms with van der Waals surface area (Å²) in [6.07, 6.45) is 6.89. The van der Waals surface area contributed by atoms with Gasteiger partial charge >= 0.3 is 0 Å². The molecule has 1 aliphatic carbocycles. The third-order valence-electron chi connectivity index (χ3n) is 3.07. The monoisotopic (exact) mass is 325 g/mol. The Hall–Kier alpha value is -0.740. The van der Waals surface area contributed by atoms with Gasteiger partial charge < -0.3 is 5.32 Å². The highest BCUT2D eigenvalue weighted by molar-refractivity contribution is 9.10. The molecule has 4 heteroatoms. The summed E-state index contributed by atoms with van der Waals surface area (Å²) in [5.74, 6) is -0.0499. The molecule has 18 heavy (non-hydrogen) atoms. The summed E-state index contributed by atoms with van der Waals surface area (Å²) in [4.78, 5) is 12.7. The van der Waals surface area contributed by atoms with E-state index in [0.717, 1.165) is 10.9 Å². The van der Waals surface area contributed by atoms with Crippen molar-refractivity contribution in [3.63, 3.8) is 0 Å². The van der Waals surface area contributed by atoms with Crippen LogP contribution in [0, 0.1) is 0 Å². The Bertz CT molecular complexity index is 485. The molecule has 96 valence electrons. The Morgan fingerprint density at radius 2 is 2.28 bits per heavy atom. The molecule has 0 aliphatic heterocycles. The lowest BCUT2D eigenvalue weighted by molar-refractivity contribution is 0.0951. The Balaban J connectivity index is 1.87. The molecule has 0 heterocycles. The van der Waals surface area contributed by atoms with Gasteiger partial charge in [0.15, 0.2) is 0 Å². The van der Waals surface area contributed by atoms with Gasteiger partial charge in [0.25, 0.3) is 5.91 Å². The first-order valence-electron chi connectivity index (χ1n) is 6.11. The number of hydrogen-bond donors (Lipinski definition) is 2. The average Bonchev–Trinajstić information content (AvgIpc) is 2.81. The molecule has 0 aromatic heterocycles. The van der Waals surface area contributed by atoms with Crippen molar-refractivity contribution in [1.29, 1.82) is 0 Å². The number of nitrogens with one attached hydrogen (secondary N) is 1. The highest BCUT2D eigenvalue weighted by atomic mass is 79.9. The summed E-state index contributed by atoms with van der Waals surface area (Å²) in [5.41, 5.74) is 2.10. The van der Waals surface area contributed by atoms with Crippen LogP contribution >= 0.6 is 28.6 Å². The number of hydrogen-bond acceptors (Lipinski definition) is 2. The van der Waals surface area contributed by atoms with Crippen molar-refractivity contribution in [2.45, 2.75) is 30.6 Å². The molecule has 0 fully saturated rings. The number of thiol groups is 1. The molecule has 0 radical (unpaired) electrons. The summed E-state index contributed by atoms with van der Waals surface area (Å²) >= 11 is 7.67. The summed E-state index contributed by atoms with van der Waals surface area (Å²) < 4.78 is 0.931. The quantitative estimate of drug-likeness (QED) is 0.636. The van der Waals surface area contributed by atoms with E-state index in [2.05, 4.69) is 40.0 Å². The molecule has 1 aromatic rings. The molecule has 1 aliphatic rings. The van der Waals surface area contributed by atoms with Gasteiger partial charge in [-0.2, -0.15) is 0 Å². The minimum absolute atomic E-state index is 0.0499. The van der Waals surface area contributed by atoms with Crippen LogP contribution in [-0.2, 0) is 0 Å². The van der Waals surface area contributed by atoms with Crippen molar-refractivity contribution in [2.75, 3.05) is 6.54 Å². The van der Waals surface area contributed by atoms with E-state index in [-0.39, 0.29) is 5.91 Å². The second kappa shape index (κ2) is 6.43. The van der Waals surface area contributed by atoms with Gasteiger partial charge in [-0.25, -0.2) is 0 Å².